The van der Waals surface area contributed by atoms with Crippen molar-refractivity contribution in [3.05, 3.63) is 35.7 Å². The number of nitrogens with zero attached hydrogens (tertiary/aromatic N) is 2. The molecule has 2 aromatic rings. The van der Waals surface area contributed by atoms with E-state index in [-0.39, 0.29) is 5.91 Å². The van der Waals surface area contributed by atoms with Crippen LogP contribution in [0.25, 0.3) is 0 Å². The lowest BCUT2D eigenvalue weighted by atomic mass is 10.2. The molecule has 6 nitrogen and oxygen atoms in total. The maximum atomic E-state index is 11.8. The minimum Gasteiger partial charge on any atom is -0.493 e. The van der Waals surface area contributed by atoms with E-state index in [1.165, 1.54) is 6.20 Å². The summed E-state index contributed by atoms with van der Waals surface area (Å²) in [5, 5.41) is 2.78. The molecule has 0 saturated carbocycles. The highest BCUT2D eigenvalue weighted by atomic mass is 32.1. The molecule has 1 aromatic heterocycles. The highest BCUT2D eigenvalue weighted by Crippen LogP contribution is 2.28. The molecule has 2 rings (SSSR count). The van der Waals surface area contributed by atoms with Gasteiger partial charge in [-0.15, -0.1) is 0 Å². The second-order valence-corrected chi connectivity index (χ2v) is 4.87. The number of hydrogen-bond acceptors (Lipinski definition) is 6. The predicted octanol–water partition coefficient (Wildman–Crippen LogP) is 2.27. The van der Waals surface area contributed by atoms with Crippen molar-refractivity contribution in [3.63, 3.8) is 0 Å². The number of carbonyl (C=O) groups excluding carboxylic acids is 1. The second kappa shape index (κ2) is 7.58. The van der Waals surface area contributed by atoms with E-state index in [0.717, 1.165) is 23.7 Å². The van der Waals surface area contributed by atoms with Crippen LogP contribution in [-0.2, 0) is 6.54 Å². The molecule has 1 aromatic carbocycles. The van der Waals surface area contributed by atoms with Crippen molar-refractivity contribution in [1.82, 2.24) is 14.1 Å². The Labute approximate surface area is 127 Å². The fraction of sp³-hybridized carbons (Fsp3) is 0.357. The molecular formula is C14H17N3O3S. The third kappa shape index (κ3) is 4.16. The Morgan fingerprint density at radius 1 is 1.38 bits per heavy atom. The molecule has 0 aliphatic carbocycles. The van der Waals surface area contributed by atoms with Crippen molar-refractivity contribution in [1.29, 1.82) is 0 Å². The topological polar surface area (TPSA) is 73.3 Å². The molecule has 0 aliphatic rings. The Morgan fingerprint density at radius 2 is 2.24 bits per heavy atom. The Kier molecular flexibility index (Phi) is 5.51. The molecule has 21 heavy (non-hydrogen) atoms. The van der Waals surface area contributed by atoms with Gasteiger partial charge in [-0.1, -0.05) is 13.0 Å². The van der Waals surface area contributed by atoms with Gasteiger partial charge in [0, 0.05) is 6.54 Å². The molecule has 112 valence electrons. The second-order valence-electron chi connectivity index (χ2n) is 4.31. The lowest BCUT2D eigenvalue weighted by Crippen LogP contribution is -2.23. The van der Waals surface area contributed by atoms with Crippen LogP contribution in [0.5, 0.6) is 11.5 Å². The molecule has 7 heteroatoms. The highest BCUT2D eigenvalue weighted by molar-refractivity contribution is 6.99. The molecule has 1 N–H and O–H groups in total. The number of benzene rings is 1. The lowest BCUT2D eigenvalue weighted by molar-refractivity contribution is 0.0947. The average Bonchev–Trinajstić information content (AvgIpc) is 3.05. The van der Waals surface area contributed by atoms with E-state index in [2.05, 4.69) is 14.1 Å². The number of methoxy groups -OCH3 is 1. The number of rotatable bonds is 7. The number of aromatic nitrogens is 2. The van der Waals surface area contributed by atoms with E-state index in [9.17, 15) is 4.79 Å². The van der Waals surface area contributed by atoms with Gasteiger partial charge in [0.1, 0.15) is 0 Å². The van der Waals surface area contributed by atoms with Gasteiger partial charge >= 0.3 is 0 Å². The fourth-order valence-electron chi connectivity index (χ4n) is 1.69. The van der Waals surface area contributed by atoms with Crippen LogP contribution in [0.3, 0.4) is 0 Å². The Morgan fingerprint density at radius 3 is 2.90 bits per heavy atom. The van der Waals surface area contributed by atoms with Crippen LogP contribution in [0, 0.1) is 0 Å². The molecule has 0 spiro atoms. The molecular weight excluding hydrogens is 290 g/mol. The van der Waals surface area contributed by atoms with Gasteiger partial charge in [0.2, 0.25) is 0 Å². The predicted molar refractivity (Wildman–Crippen MR) is 79.9 cm³/mol. The van der Waals surface area contributed by atoms with Crippen molar-refractivity contribution in [2.24, 2.45) is 0 Å². The molecule has 1 amide bonds. The summed E-state index contributed by atoms with van der Waals surface area (Å²) < 4.78 is 18.6. The SMILES string of the molecule is CCCOc1ccc(CNC(=O)c2cnsn2)cc1OC. The molecule has 1 heterocycles. The number of carbonyl (C=O) groups is 1. The van der Waals surface area contributed by atoms with Gasteiger partial charge in [-0.05, 0) is 24.1 Å². The van der Waals surface area contributed by atoms with Gasteiger partial charge in [0.25, 0.3) is 5.91 Å². The van der Waals surface area contributed by atoms with Gasteiger partial charge in [0.15, 0.2) is 17.2 Å². The Balaban J connectivity index is 1.99. The van der Waals surface area contributed by atoms with Gasteiger partial charge in [-0.25, -0.2) is 0 Å². The summed E-state index contributed by atoms with van der Waals surface area (Å²) in [4.78, 5) is 11.8. The largest absolute Gasteiger partial charge is 0.493 e. The summed E-state index contributed by atoms with van der Waals surface area (Å²) in [7, 11) is 1.59. The summed E-state index contributed by atoms with van der Waals surface area (Å²) in [6.07, 6.45) is 2.38. The van der Waals surface area contributed by atoms with E-state index in [4.69, 9.17) is 9.47 Å². The summed E-state index contributed by atoms with van der Waals surface area (Å²) in [5.74, 6) is 1.12. The van der Waals surface area contributed by atoms with Gasteiger partial charge in [0.05, 0.1) is 31.6 Å². The summed E-state index contributed by atoms with van der Waals surface area (Å²) in [6.45, 7) is 3.08. The van der Waals surface area contributed by atoms with E-state index in [0.29, 0.717) is 30.3 Å². The molecule has 0 unspecified atom stereocenters. The van der Waals surface area contributed by atoms with Crippen LogP contribution in [0.2, 0.25) is 0 Å². The zero-order valence-corrected chi connectivity index (χ0v) is 12.8. The zero-order chi connectivity index (χ0) is 15.1. The molecule has 0 saturated heterocycles. The van der Waals surface area contributed by atoms with Crippen LogP contribution < -0.4 is 14.8 Å². The van der Waals surface area contributed by atoms with Crippen LogP contribution in [-0.4, -0.2) is 28.4 Å². The van der Waals surface area contributed by atoms with Gasteiger partial charge < -0.3 is 14.8 Å². The quantitative estimate of drug-likeness (QED) is 0.849. The number of nitrogens with one attached hydrogen (secondary N) is 1. The van der Waals surface area contributed by atoms with E-state index in [1.54, 1.807) is 7.11 Å². The van der Waals surface area contributed by atoms with E-state index in [1.807, 2.05) is 25.1 Å². The first-order valence-electron chi connectivity index (χ1n) is 6.60. The fourth-order valence-corrected chi connectivity index (χ4v) is 2.10. The molecule has 0 atom stereocenters. The normalized spacial score (nSPS) is 10.2. The lowest BCUT2D eigenvalue weighted by Gasteiger charge is -2.12. The summed E-state index contributed by atoms with van der Waals surface area (Å²) in [6, 6.07) is 5.60. The third-order valence-electron chi connectivity index (χ3n) is 2.74. The zero-order valence-electron chi connectivity index (χ0n) is 12.0. The van der Waals surface area contributed by atoms with E-state index >= 15 is 0 Å². The summed E-state index contributed by atoms with van der Waals surface area (Å²) >= 11 is 1.01. The third-order valence-corrected chi connectivity index (χ3v) is 3.21. The van der Waals surface area contributed by atoms with Crippen LogP contribution in [0.4, 0.5) is 0 Å². The molecule has 0 radical (unpaired) electrons. The standard InChI is InChI=1S/C14H17N3O3S/c1-3-6-20-12-5-4-10(7-13(12)19-2)8-15-14(18)11-9-16-21-17-11/h4-5,7,9H,3,6,8H2,1-2H3,(H,15,18). The molecule has 0 fully saturated rings. The van der Waals surface area contributed by atoms with Gasteiger partial charge in [-0.3, -0.25) is 4.79 Å². The van der Waals surface area contributed by atoms with Gasteiger partial charge in [-0.2, -0.15) is 8.75 Å². The Bertz CT molecular complexity index is 587. The van der Waals surface area contributed by atoms with Crippen molar-refractivity contribution < 1.29 is 14.3 Å². The van der Waals surface area contributed by atoms with E-state index < -0.39 is 0 Å². The molecule has 0 aliphatic heterocycles. The Hall–Kier alpha value is -2.15. The first-order chi connectivity index (χ1) is 10.2. The maximum absolute atomic E-state index is 11.8. The number of ether oxygens (including phenoxy) is 2. The molecule has 0 bridgehead atoms. The highest BCUT2D eigenvalue weighted by Gasteiger charge is 2.10. The van der Waals surface area contributed by atoms with Crippen molar-refractivity contribution in [2.45, 2.75) is 19.9 Å². The summed E-state index contributed by atoms with van der Waals surface area (Å²) in [5.41, 5.74) is 1.25. The number of amides is 1. The smallest absolute Gasteiger partial charge is 0.272 e. The van der Waals surface area contributed by atoms with Crippen molar-refractivity contribution in [3.8, 4) is 11.5 Å². The van der Waals surface area contributed by atoms with Crippen LogP contribution in [0.1, 0.15) is 29.4 Å². The first-order valence-corrected chi connectivity index (χ1v) is 7.33. The van der Waals surface area contributed by atoms with Crippen LogP contribution >= 0.6 is 11.7 Å². The first kappa shape index (κ1) is 15.2. The minimum atomic E-state index is -0.242. The number of hydrogen-bond donors (Lipinski definition) is 1. The maximum Gasteiger partial charge on any atom is 0.272 e. The van der Waals surface area contributed by atoms with Crippen LogP contribution in [0.15, 0.2) is 24.4 Å². The van der Waals surface area contributed by atoms with Crippen molar-refractivity contribution in [2.75, 3.05) is 13.7 Å². The minimum absolute atomic E-state index is 0.242. The van der Waals surface area contributed by atoms with Crippen molar-refractivity contribution >= 4 is 17.6 Å². The monoisotopic (exact) mass is 307 g/mol. The average molecular weight is 307 g/mol.